The lowest BCUT2D eigenvalue weighted by Gasteiger charge is -2.06. The highest BCUT2D eigenvalue weighted by atomic mass is 35.5. The maximum atomic E-state index is 11.7. The fourth-order valence-corrected chi connectivity index (χ4v) is 2.26. The lowest BCUT2D eigenvalue weighted by Crippen LogP contribution is -2.24. The first-order valence-corrected chi connectivity index (χ1v) is 7.97. The summed E-state index contributed by atoms with van der Waals surface area (Å²) in [4.78, 5) is 22.6. The number of carbonyl (C=O) groups is 2. The Labute approximate surface area is 154 Å². The third-order valence-corrected chi connectivity index (χ3v) is 3.46. The second-order valence-corrected chi connectivity index (χ2v) is 5.80. The molecule has 0 radical (unpaired) electrons. The van der Waals surface area contributed by atoms with Gasteiger partial charge in [0.05, 0.1) is 11.2 Å². The molecule has 0 fully saturated rings. The first-order chi connectivity index (χ1) is 11.9. The van der Waals surface area contributed by atoms with E-state index in [2.05, 4.69) is 15.8 Å². The SMILES string of the molecule is CC(=O)Nc1ccc(OCC(=O)N/N=C/c2ccc(Cl)cc2Cl)cc1. The lowest BCUT2D eigenvalue weighted by molar-refractivity contribution is -0.123. The van der Waals surface area contributed by atoms with E-state index in [1.165, 1.54) is 13.1 Å². The quantitative estimate of drug-likeness (QED) is 0.595. The van der Waals surface area contributed by atoms with Crippen molar-refractivity contribution < 1.29 is 14.3 Å². The van der Waals surface area contributed by atoms with Crippen LogP contribution in [0, 0.1) is 0 Å². The Morgan fingerprint density at radius 1 is 1.16 bits per heavy atom. The van der Waals surface area contributed by atoms with Crippen LogP contribution in [-0.4, -0.2) is 24.6 Å². The number of hydrogen-bond donors (Lipinski definition) is 2. The van der Waals surface area contributed by atoms with Crippen LogP contribution in [0.5, 0.6) is 5.75 Å². The van der Waals surface area contributed by atoms with Crippen LogP contribution >= 0.6 is 23.2 Å². The predicted octanol–water partition coefficient (Wildman–Crippen LogP) is 3.48. The minimum Gasteiger partial charge on any atom is -0.484 e. The van der Waals surface area contributed by atoms with Crippen LogP contribution in [0.2, 0.25) is 10.0 Å². The fraction of sp³-hybridized carbons (Fsp3) is 0.118. The van der Waals surface area contributed by atoms with Crippen molar-refractivity contribution in [2.24, 2.45) is 5.10 Å². The van der Waals surface area contributed by atoms with E-state index in [1.54, 1.807) is 42.5 Å². The van der Waals surface area contributed by atoms with Gasteiger partial charge in [-0.1, -0.05) is 29.3 Å². The van der Waals surface area contributed by atoms with Crippen molar-refractivity contribution in [1.82, 2.24) is 5.43 Å². The predicted molar refractivity (Wildman–Crippen MR) is 98.4 cm³/mol. The maximum absolute atomic E-state index is 11.7. The van der Waals surface area contributed by atoms with Crippen molar-refractivity contribution in [3.63, 3.8) is 0 Å². The number of hydrogen-bond acceptors (Lipinski definition) is 4. The Bertz CT molecular complexity index is 792. The number of anilines is 1. The molecule has 0 aliphatic carbocycles. The first-order valence-electron chi connectivity index (χ1n) is 7.21. The summed E-state index contributed by atoms with van der Waals surface area (Å²) in [7, 11) is 0. The molecule has 0 heterocycles. The number of nitrogens with zero attached hydrogens (tertiary/aromatic N) is 1. The molecule has 6 nitrogen and oxygen atoms in total. The summed E-state index contributed by atoms with van der Waals surface area (Å²) in [5.74, 6) is -0.0899. The number of ether oxygens (including phenoxy) is 1. The summed E-state index contributed by atoms with van der Waals surface area (Å²) in [6.45, 7) is 1.22. The minimum atomic E-state index is -0.424. The third kappa shape index (κ3) is 6.45. The normalized spacial score (nSPS) is 10.5. The van der Waals surface area contributed by atoms with Gasteiger partial charge in [-0.15, -0.1) is 0 Å². The first kappa shape index (κ1) is 18.8. The average molecular weight is 380 g/mol. The van der Waals surface area contributed by atoms with Gasteiger partial charge < -0.3 is 10.1 Å². The summed E-state index contributed by atoms with van der Waals surface area (Å²) >= 11 is 11.8. The van der Waals surface area contributed by atoms with Gasteiger partial charge >= 0.3 is 0 Å². The third-order valence-electron chi connectivity index (χ3n) is 2.90. The molecule has 2 amide bonds. The minimum absolute atomic E-state index is 0.160. The topological polar surface area (TPSA) is 79.8 Å². The summed E-state index contributed by atoms with van der Waals surface area (Å²) in [6.07, 6.45) is 1.42. The molecule has 0 unspecified atom stereocenters. The van der Waals surface area contributed by atoms with E-state index in [4.69, 9.17) is 27.9 Å². The van der Waals surface area contributed by atoms with Gasteiger partial charge in [0, 0.05) is 23.2 Å². The maximum Gasteiger partial charge on any atom is 0.277 e. The van der Waals surface area contributed by atoms with Crippen LogP contribution in [0.25, 0.3) is 0 Å². The molecule has 0 saturated heterocycles. The lowest BCUT2D eigenvalue weighted by atomic mass is 10.2. The van der Waals surface area contributed by atoms with Crippen molar-refractivity contribution >= 4 is 46.9 Å². The highest BCUT2D eigenvalue weighted by molar-refractivity contribution is 6.36. The van der Waals surface area contributed by atoms with Crippen LogP contribution in [0.15, 0.2) is 47.6 Å². The molecule has 0 saturated carbocycles. The molecule has 130 valence electrons. The Hall–Kier alpha value is -2.57. The summed E-state index contributed by atoms with van der Waals surface area (Å²) in [5, 5.41) is 7.40. The van der Waals surface area contributed by atoms with Crippen molar-refractivity contribution in [2.75, 3.05) is 11.9 Å². The Kier molecular flexibility index (Phi) is 6.80. The monoisotopic (exact) mass is 379 g/mol. The van der Waals surface area contributed by atoms with E-state index >= 15 is 0 Å². The molecule has 2 aromatic rings. The molecule has 0 aromatic heterocycles. The fourth-order valence-electron chi connectivity index (χ4n) is 1.80. The number of nitrogens with one attached hydrogen (secondary N) is 2. The summed E-state index contributed by atoms with van der Waals surface area (Å²) in [6, 6.07) is 11.6. The van der Waals surface area contributed by atoms with E-state index in [1.807, 2.05) is 0 Å². The number of carbonyl (C=O) groups excluding carboxylic acids is 2. The highest BCUT2D eigenvalue weighted by Crippen LogP contribution is 2.19. The van der Waals surface area contributed by atoms with Gasteiger partial charge in [0.15, 0.2) is 6.61 Å². The molecule has 0 spiro atoms. The Morgan fingerprint density at radius 3 is 2.52 bits per heavy atom. The van der Waals surface area contributed by atoms with Gasteiger partial charge in [0.2, 0.25) is 5.91 Å². The van der Waals surface area contributed by atoms with E-state index in [-0.39, 0.29) is 12.5 Å². The van der Waals surface area contributed by atoms with Crippen molar-refractivity contribution in [1.29, 1.82) is 0 Å². The molecule has 0 atom stereocenters. The standard InChI is InChI=1S/C17H15Cl2N3O3/c1-11(23)21-14-4-6-15(7-5-14)25-10-17(24)22-20-9-12-2-3-13(18)8-16(12)19/h2-9H,10H2,1H3,(H,21,23)(H,22,24)/b20-9+. The molecule has 25 heavy (non-hydrogen) atoms. The smallest absolute Gasteiger partial charge is 0.277 e. The zero-order valence-corrected chi connectivity index (χ0v) is 14.8. The number of amides is 2. The van der Waals surface area contributed by atoms with Crippen molar-refractivity contribution in [3.05, 3.63) is 58.1 Å². The zero-order chi connectivity index (χ0) is 18.2. The van der Waals surface area contributed by atoms with Crippen molar-refractivity contribution in [2.45, 2.75) is 6.92 Å². The van der Waals surface area contributed by atoms with E-state index in [0.29, 0.717) is 27.0 Å². The van der Waals surface area contributed by atoms with Gasteiger partial charge in [-0.05, 0) is 36.4 Å². The summed E-state index contributed by atoms with van der Waals surface area (Å²) < 4.78 is 5.33. The van der Waals surface area contributed by atoms with E-state index in [0.717, 1.165) is 0 Å². The molecular formula is C17H15Cl2N3O3. The molecule has 2 aromatic carbocycles. The van der Waals surface area contributed by atoms with Crippen LogP contribution in [-0.2, 0) is 9.59 Å². The average Bonchev–Trinajstić information content (AvgIpc) is 2.56. The van der Waals surface area contributed by atoms with Crippen LogP contribution < -0.4 is 15.5 Å². The van der Waals surface area contributed by atoms with Gasteiger partial charge in [-0.2, -0.15) is 5.10 Å². The highest BCUT2D eigenvalue weighted by Gasteiger charge is 2.03. The number of benzene rings is 2. The van der Waals surface area contributed by atoms with Crippen LogP contribution in [0.4, 0.5) is 5.69 Å². The van der Waals surface area contributed by atoms with Gasteiger partial charge in [-0.3, -0.25) is 9.59 Å². The largest absolute Gasteiger partial charge is 0.484 e. The van der Waals surface area contributed by atoms with Crippen LogP contribution in [0.1, 0.15) is 12.5 Å². The van der Waals surface area contributed by atoms with Crippen LogP contribution in [0.3, 0.4) is 0 Å². The molecular weight excluding hydrogens is 365 g/mol. The summed E-state index contributed by atoms with van der Waals surface area (Å²) in [5.41, 5.74) is 3.61. The zero-order valence-electron chi connectivity index (χ0n) is 13.3. The number of rotatable bonds is 6. The number of hydrazone groups is 1. The Morgan fingerprint density at radius 2 is 1.88 bits per heavy atom. The van der Waals surface area contributed by atoms with E-state index < -0.39 is 5.91 Å². The van der Waals surface area contributed by atoms with Gasteiger partial charge in [-0.25, -0.2) is 5.43 Å². The second kappa shape index (κ2) is 9.05. The molecule has 0 aliphatic rings. The van der Waals surface area contributed by atoms with Gasteiger partial charge in [0.1, 0.15) is 5.75 Å². The molecule has 2 rings (SSSR count). The van der Waals surface area contributed by atoms with Crippen molar-refractivity contribution in [3.8, 4) is 5.75 Å². The Balaban J connectivity index is 1.80. The van der Waals surface area contributed by atoms with E-state index in [9.17, 15) is 9.59 Å². The molecule has 2 N–H and O–H groups in total. The second-order valence-electron chi connectivity index (χ2n) is 4.95. The van der Waals surface area contributed by atoms with Gasteiger partial charge in [0.25, 0.3) is 5.91 Å². The molecule has 0 aliphatic heterocycles. The number of halogens is 2. The molecule has 0 bridgehead atoms. The molecule has 8 heteroatoms.